The van der Waals surface area contributed by atoms with Crippen LogP contribution in [0.25, 0.3) is 16.9 Å². The van der Waals surface area contributed by atoms with Crippen LogP contribution in [0, 0.1) is 5.82 Å². The highest BCUT2D eigenvalue weighted by molar-refractivity contribution is 7.89. The monoisotopic (exact) mass is 461 g/mol. The predicted molar refractivity (Wildman–Crippen MR) is 113 cm³/mol. The quantitative estimate of drug-likeness (QED) is 0.519. The van der Waals surface area contributed by atoms with Crippen LogP contribution in [-0.4, -0.2) is 62.8 Å². The summed E-state index contributed by atoms with van der Waals surface area (Å²) in [5, 5.41) is 4.37. The van der Waals surface area contributed by atoms with Crippen LogP contribution in [-0.2, 0) is 19.5 Å². The second-order valence-corrected chi connectivity index (χ2v) is 8.86. The Kier molecular flexibility index (Phi) is 6.42. The van der Waals surface area contributed by atoms with Crippen molar-refractivity contribution in [2.45, 2.75) is 4.90 Å². The number of hydrogen-bond donors (Lipinski definition) is 0. The van der Waals surface area contributed by atoms with Gasteiger partial charge in [-0.2, -0.15) is 5.10 Å². The summed E-state index contributed by atoms with van der Waals surface area (Å²) in [5.74, 6) is -2.74. The fraction of sp³-hybridized carbons (Fsp3) is 0.190. The largest absolute Gasteiger partial charge is 0.465 e. The summed E-state index contributed by atoms with van der Waals surface area (Å²) in [6.07, 6.45) is 0. The van der Waals surface area contributed by atoms with E-state index in [1.54, 1.807) is 30.3 Å². The molecule has 3 aromatic rings. The first-order valence-corrected chi connectivity index (χ1v) is 10.6. The zero-order valence-electron chi connectivity index (χ0n) is 17.7. The van der Waals surface area contributed by atoms with Gasteiger partial charge in [-0.3, -0.25) is 0 Å². The molecule has 2 aromatic carbocycles. The lowest BCUT2D eigenvalue weighted by Gasteiger charge is -2.13. The maximum absolute atomic E-state index is 14.4. The summed E-state index contributed by atoms with van der Waals surface area (Å²) in [6, 6.07) is 11.7. The normalized spacial score (nSPS) is 11.4. The zero-order chi connectivity index (χ0) is 23.6. The summed E-state index contributed by atoms with van der Waals surface area (Å²) < 4.78 is 51.2. The van der Waals surface area contributed by atoms with Crippen molar-refractivity contribution in [2.75, 3.05) is 28.3 Å². The summed E-state index contributed by atoms with van der Waals surface area (Å²) in [4.78, 5) is 24.7. The fourth-order valence-electron chi connectivity index (χ4n) is 3.00. The summed E-state index contributed by atoms with van der Waals surface area (Å²) >= 11 is 0. The smallest absolute Gasteiger partial charge is 0.357 e. The van der Waals surface area contributed by atoms with Crippen LogP contribution >= 0.6 is 0 Å². The zero-order valence-corrected chi connectivity index (χ0v) is 18.5. The minimum atomic E-state index is -4.14. The lowest BCUT2D eigenvalue weighted by Crippen LogP contribution is -2.23. The first kappa shape index (κ1) is 23.1. The molecule has 0 spiro atoms. The highest BCUT2D eigenvalue weighted by atomic mass is 32.2. The lowest BCUT2D eigenvalue weighted by atomic mass is 10.1. The molecule has 3 rings (SSSR count). The van der Waals surface area contributed by atoms with Gasteiger partial charge in [0.05, 0.1) is 19.9 Å². The Morgan fingerprint density at radius 2 is 1.62 bits per heavy atom. The Morgan fingerprint density at radius 3 is 2.19 bits per heavy atom. The van der Waals surface area contributed by atoms with Crippen LogP contribution in [0.15, 0.2) is 53.4 Å². The molecular formula is C21H20FN3O6S. The Balaban J connectivity index is 2.38. The van der Waals surface area contributed by atoms with E-state index in [0.29, 0.717) is 5.69 Å². The van der Waals surface area contributed by atoms with E-state index >= 15 is 0 Å². The summed E-state index contributed by atoms with van der Waals surface area (Å²) in [6.45, 7) is 0. The van der Waals surface area contributed by atoms with E-state index in [1.807, 2.05) is 0 Å². The number of para-hydroxylation sites is 1. The molecule has 0 aliphatic heterocycles. The van der Waals surface area contributed by atoms with Gasteiger partial charge < -0.3 is 9.47 Å². The van der Waals surface area contributed by atoms with Gasteiger partial charge in [-0.05, 0) is 30.3 Å². The Bertz CT molecular complexity index is 1290. The Morgan fingerprint density at radius 1 is 1.00 bits per heavy atom. The van der Waals surface area contributed by atoms with Crippen molar-refractivity contribution in [1.82, 2.24) is 14.1 Å². The molecule has 0 saturated heterocycles. The van der Waals surface area contributed by atoms with E-state index in [9.17, 15) is 22.4 Å². The third-order valence-corrected chi connectivity index (χ3v) is 6.45. The van der Waals surface area contributed by atoms with E-state index in [2.05, 4.69) is 5.10 Å². The maximum Gasteiger partial charge on any atom is 0.357 e. The first-order chi connectivity index (χ1) is 15.1. The number of benzene rings is 2. The SMILES string of the molecule is COC(=O)c1c(-c2ccc(F)c(S(=O)(=O)N(C)C)c2)nn(-c2ccccc2)c1C(=O)OC. The standard InChI is InChI=1S/C21H20FN3O6S/c1-24(2)32(28,29)16-12-13(10-11-15(16)22)18-17(20(26)30-3)19(21(27)31-4)25(23-18)14-8-6-5-7-9-14/h5-12H,1-4H3. The van der Waals surface area contributed by atoms with E-state index in [0.717, 1.165) is 30.7 Å². The molecule has 9 nitrogen and oxygen atoms in total. The molecule has 0 aliphatic rings. The Hall–Kier alpha value is -3.57. The van der Waals surface area contributed by atoms with Crippen LogP contribution in [0.3, 0.4) is 0 Å². The number of nitrogens with zero attached hydrogens (tertiary/aromatic N) is 3. The minimum absolute atomic E-state index is 0.0729. The predicted octanol–water partition coefficient (Wildman–Crippen LogP) is 2.50. The molecule has 11 heteroatoms. The number of methoxy groups -OCH3 is 2. The van der Waals surface area contributed by atoms with Crippen LogP contribution < -0.4 is 0 Å². The van der Waals surface area contributed by atoms with Crippen LogP contribution in [0.5, 0.6) is 0 Å². The average molecular weight is 461 g/mol. The summed E-state index contributed by atoms with van der Waals surface area (Å²) in [7, 11) is 0.661. The van der Waals surface area contributed by atoms with Gasteiger partial charge in [0.15, 0.2) is 5.69 Å². The second-order valence-electron chi connectivity index (χ2n) is 6.74. The van der Waals surface area contributed by atoms with Crippen molar-refractivity contribution in [1.29, 1.82) is 0 Å². The van der Waals surface area contributed by atoms with Crippen molar-refractivity contribution in [2.24, 2.45) is 0 Å². The minimum Gasteiger partial charge on any atom is -0.465 e. The number of hydrogen-bond acceptors (Lipinski definition) is 7. The molecule has 168 valence electrons. The number of aromatic nitrogens is 2. The van der Waals surface area contributed by atoms with Gasteiger partial charge in [0.2, 0.25) is 10.0 Å². The molecule has 1 aromatic heterocycles. The molecule has 32 heavy (non-hydrogen) atoms. The van der Waals surface area contributed by atoms with Gasteiger partial charge >= 0.3 is 11.9 Å². The molecule has 0 unspecified atom stereocenters. The van der Waals surface area contributed by atoms with E-state index < -0.39 is 32.7 Å². The molecule has 0 bridgehead atoms. The molecule has 0 fully saturated rings. The molecule has 0 N–H and O–H groups in total. The number of ether oxygens (including phenoxy) is 2. The number of sulfonamides is 1. The molecule has 0 aliphatic carbocycles. The maximum atomic E-state index is 14.4. The van der Waals surface area contributed by atoms with Gasteiger partial charge in [-0.25, -0.2) is 31.4 Å². The van der Waals surface area contributed by atoms with Crippen molar-refractivity contribution in [3.63, 3.8) is 0 Å². The topological polar surface area (TPSA) is 108 Å². The van der Waals surface area contributed by atoms with Gasteiger partial charge in [0, 0.05) is 19.7 Å². The van der Waals surface area contributed by atoms with Gasteiger partial charge in [-0.1, -0.05) is 18.2 Å². The number of rotatable bonds is 6. The summed E-state index contributed by atoms with van der Waals surface area (Å²) in [5.41, 5.74) is -0.0131. The fourth-order valence-corrected chi connectivity index (χ4v) is 3.99. The van der Waals surface area contributed by atoms with Crippen LogP contribution in [0.4, 0.5) is 4.39 Å². The highest BCUT2D eigenvalue weighted by Crippen LogP contribution is 2.31. The third kappa shape index (κ3) is 3.99. The average Bonchev–Trinajstić information content (AvgIpc) is 3.19. The molecular weight excluding hydrogens is 441 g/mol. The molecule has 1 heterocycles. The third-order valence-electron chi connectivity index (χ3n) is 4.62. The van der Waals surface area contributed by atoms with Gasteiger partial charge in [0.1, 0.15) is 22.0 Å². The lowest BCUT2D eigenvalue weighted by molar-refractivity contribution is 0.0549. The van der Waals surface area contributed by atoms with E-state index in [-0.39, 0.29) is 22.5 Å². The van der Waals surface area contributed by atoms with Gasteiger partial charge in [0.25, 0.3) is 0 Å². The van der Waals surface area contributed by atoms with Crippen LogP contribution in [0.2, 0.25) is 0 Å². The van der Waals surface area contributed by atoms with Crippen LogP contribution in [0.1, 0.15) is 20.8 Å². The molecule has 0 atom stereocenters. The second kappa shape index (κ2) is 8.89. The molecule has 0 saturated carbocycles. The van der Waals surface area contributed by atoms with Crippen molar-refractivity contribution in [3.8, 4) is 16.9 Å². The van der Waals surface area contributed by atoms with Crippen molar-refractivity contribution < 1.29 is 31.9 Å². The molecule has 0 radical (unpaired) electrons. The van der Waals surface area contributed by atoms with E-state index in [4.69, 9.17) is 9.47 Å². The number of esters is 2. The van der Waals surface area contributed by atoms with Crippen molar-refractivity contribution in [3.05, 3.63) is 65.6 Å². The van der Waals surface area contributed by atoms with E-state index in [1.165, 1.54) is 24.8 Å². The number of carbonyl (C=O) groups is 2. The number of halogens is 1. The highest BCUT2D eigenvalue weighted by Gasteiger charge is 2.32. The van der Waals surface area contributed by atoms with Crippen molar-refractivity contribution >= 4 is 22.0 Å². The Labute approximate surface area is 184 Å². The first-order valence-electron chi connectivity index (χ1n) is 9.21. The number of carbonyl (C=O) groups excluding carboxylic acids is 2. The van der Waals surface area contributed by atoms with Gasteiger partial charge in [-0.15, -0.1) is 0 Å². The molecule has 0 amide bonds.